The quantitative estimate of drug-likeness (QED) is 0.660. The fourth-order valence-electron chi connectivity index (χ4n) is 1.81. The molecule has 1 aromatic rings. The lowest BCUT2D eigenvalue weighted by molar-refractivity contribution is 0.0956. The first-order valence-corrected chi connectivity index (χ1v) is 9.18. The number of carbonyl (C=O) groups excluding carboxylic acids is 1. The van der Waals surface area contributed by atoms with Crippen molar-refractivity contribution in [2.24, 2.45) is 0 Å². The first kappa shape index (κ1) is 15.8. The molecule has 8 heteroatoms. The highest BCUT2D eigenvalue weighted by molar-refractivity contribution is 7.91. The normalized spacial score (nSPS) is 14.7. The van der Waals surface area contributed by atoms with Gasteiger partial charge in [0.05, 0.1) is 11.4 Å². The number of hydrogen-bond donors (Lipinski definition) is 3. The van der Waals surface area contributed by atoms with Crippen molar-refractivity contribution in [2.45, 2.75) is 30.7 Å². The van der Waals surface area contributed by atoms with E-state index in [-0.39, 0.29) is 33.2 Å². The minimum atomic E-state index is -3.51. The Labute approximate surface area is 128 Å². The monoisotopic (exact) mass is 329 g/mol. The van der Waals surface area contributed by atoms with E-state index in [1.165, 1.54) is 0 Å². The van der Waals surface area contributed by atoms with Crippen molar-refractivity contribution in [2.75, 3.05) is 23.3 Å². The highest BCUT2D eigenvalue weighted by Crippen LogP contribution is 2.40. The third-order valence-electron chi connectivity index (χ3n) is 3.12. The fourth-order valence-corrected chi connectivity index (χ4v) is 4.39. The number of anilines is 2. The van der Waals surface area contributed by atoms with Crippen molar-refractivity contribution in [3.63, 3.8) is 0 Å². The molecule has 1 aliphatic rings. The van der Waals surface area contributed by atoms with Crippen LogP contribution in [0.1, 0.15) is 29.4 Å². The van der Waals surface area contributed by atoms with Crippen LogP contribution >= 0.6 is 11.3 Å². The van der Waals surface area contributed by atoms with Crippen molar-refractivity contribution < 1.29 is 13.2 Å². The van der Waals surface area contributed by atoms with Gasteiger partial charge in [-0.25, -0.2) is 8.42 Å². The molecule has 1 amide bonds. The van der Waals surface area contributed by atoms with E-state index in [0.717, 1.165) is 24.2 Å². The molecule has 116 valence electrons. The van der Waals surface area contributed by atoms with Gasteiger partial charge in [0.25, 0.3) is 5.91 Å². The molecule has 0 aromatic carbocycles. The molecule has 2 rings (SSSR count). The molecule has 1 aromatic heterocycles. The van der Waals surface area contributed by atoms with Crippen LogP contribution in [0.2, 0.25) is 0 Å². The molecule has 0 spiro atoms. The SMILES string of the molecule is C=CCNc1sc(C(=O)NC2CC2)c(N)c1S(=O)(=O)CC. The van der Waals surface area contributed by atoms with Gasteiger partial charge in [0.1, 0.15) is 14.8 Å². The summed E-state index contributed by atoms with van der Waals surface area (Å²) in [5.74, 6) is -0.375. The van der Waals surface area contributed by atoms with Crippen LogP contribution in [0.25, 0.3) is 0 Å². The summed E-state index contributed by atoms with van der Waals surface area (Å²) in [5, 5.41) is 6.17. The van der Waals surface area contributed by atoms with Crippen LogP contribution in [0.4, 0.5) is 10.7 Å². The molecule has 1 heterocycles. The number of nitrogens with two attached hydrogens (primary N) is 1. The number of nitrogen functional groups attached to an aromatic ring is 1. The van der Waals surface area contributed by atoms with Crippen LogP contribution in [-0.4, -0.2) is 32.7 Å². The number of thiophene rings is 1. The van der Waals surface area contributed by atoms with E-state index in [2.05, 4.69) is 17.2 Å². The zero-order valence-corrected chi connectivity index (χ0v) is 13.4. The first-order chi connectivity index (χ1) is 9.90. The molecule has 6 nitrogen and oxygen atoms in total. The highest BCUT2D eigenvalue weighted by atomic mass is 32.2. The average Bonchev–Trinajstić information content (AvgIpc) is 3.18. The van der Waals surface area contributed by atoms with Gasteiger partial charge in [-0.2, -0.15) is 0 Å². The van der Waals surface area contributed by atoms with Crippen molar-refractivity contribution >= 4 is 37.8 Å². The van der Waals surface area contributed by atoms with Gasteiger partial charge >= 0.3 is 0 Å². The number of sulfone groups is 1. The highest BCUT2D eigenvalue weighted by Gasteiger charge is 2.31. The number of carbonyl (C=O) groups is 1. The Balaban J connectivity index is 2.42. The molecule has 0 unspecified atom stereocenters. The van der Waals surface area contributed by atoms with Gasteiger partial charge in [0.15, 0.2) is 9.84 Å². The number of rotatable bonds is 7. The van der Waals surface area contributed by atoms with E-state index in [1.807, 2.05) is 0 Å². The summed E-state index contributed by atoms with van der Waals surface area (Å²) in [7, 11) is -3.51. The van der Waals surface area contributed by atoms with Gasteiger partial charge in [-0.05, 0) is 12.8 Å². The van der Waals surface area contributed by atoms with E-state index in [9.17, 15) is 13.2 Å². The van der Waals surface area contributed by atoms with Crippen LogP contribution < -0.4 is 16.4 Å². The molecule has 1 fully saturated rings. The molecule has 0 atom stereocenters. The van der Waals surface area contributed by atoms with Gasteiger partial charge in [-0.3, -0.25) is 4.79 Å². The molecule has 0 aliphatic heterocycles. The zero-order valence-electron chi connectivity index (χ0n) is 11.8. The van der Waals surface area contributed by atoms with Crippen molar-refractivity contribution in [3.05, 3.63) is 17.5 Å². The average molecular weight is 329 g/mol. The Bertz CT molecular complexity index is 660. The van der Waals surface area contributed by atoms with Crippen molar-refractivity contribution in [1.29, 1.82) is 0 Å². The molecular weight excluding hydrogens is 310 g/mol. The van der Waals surface area contributed by atoms with Gasteiger partial charge in [-0.15, -0.1) is 17.9 Å². The Hall–Kier alpha value is -1.54. The van der Waals surface area contributed by atoms with Gasteiger partial charge in [-0.1, -0.05) is 13.0 Å². The summed E-state index contributed by atoms with van der Waals surface area (Å²) >= 11 is 1.07. The Morgan fingerprint density at radius 3 is 2.71 bits per heavy atom. The van der Waals surface area contributed by atoms with Crippen LogP contribution in [0.5, 0.6) is 0 Å². The standard InChI is InChI=1S/C13H19N3O3S2/c1-3-7-15-13-11(21(18,19)4-2)9(14)10(20-13)12(17)16-8-5-6-8/h3,8,15H,1,4-7,14H2,2H3,(H,16,17). The van der Waals surface area contributed by atoms with E-state index in [4.69, 9.17) is 5.73 Å². The predicted octanol–water partition coefficient (Wildman–Crippen LogP) is 1.61. The van der Waals surface area contributed by atoms with Crippen LogP contribution in [0.3, 0.4) is 0 Å². The molecule has 21 heavy (non-hydrogen) atoms. The molecule has 0 radical (unpaired) electrons. The molecule has 1 aliphatic carbocycles. The predicted molar refractivity (Wildman–Crippen MR) is 85.6 cm³/mol. The molecule has 0 saturated heterocycles. The topological polar surface area (TPSA) is 101 Å². The summed E-state index contributed by atoms with van der Waals surface area (Å²) in [6.07, 6.45) is 3.53. The zero-order chi connectivity index (χ0) is 15.6. The second kappa shape index (κ2) is 6.07. The smallest absolute Gasteiger partial charge is 0.263 e. The number of nitrogens with one attached hydrogen (secondary N) is 2. The van der Waals surface area contributed by atoms with E-state index in [1.54, 1.807) is 13.0 Å². The Kier molecular flexibility index (Phi) is 4.58. The third-order valence-corrected chi connectivity index (χ3v) is 6.21. The summed E-state index contributed by atoms with van der Waals surface area (Å²) in [6, 6.07) is 0.190. The van der Waals surface area contributed by atoms with E-state index < -0.39 is 9.84 Å². The first-order valence-electron chi connectivity index (χ1n) is 6.71. The Morgan fingerprint density at radius 1 is 1.52 bits per heavy atom. The van der Waals surface area contributed by atoms with Crippen molar-refractivity contribution in [3.8, 4) is 0 Å². The summed E-state index contributed by atoms with van der Waals surface area (Å²) < 4.78 is 24.4. The Morgan fingerprint density at radius 2 is 2.19 bits per heavy atom. The van der Waals surface area contributed by atoms with Gasteiger partial charge < -0.3 is 16.4 Å². The minimum absolute atomic E-state index is 0.0257. The maximum Gasteiger partial charge on any atom is 0.263 e. The molecule has 1 saturated carbocycles. The van der Waals surface area contributed by atoms with Crippen molar-refractivity contribution in [1.82, 2.24) is 5.32 Å². The largest absolute Gasteiger partial charge is 0.396 e. The second-order valence-corrected chi connectivity index (χ2v) is 8.06. The molecular formula is C13H19N3O3S2. The maximum atomic E-state index is 12.2. The third kappa shape index (κ3) is 3.38. The van der Waals surface area contributed by atoms with Gasteiger partial charge in [0.2, 0.25) is 0 Å². The summed E-state index contributed by atoms with van der Waals surface area (Å²) in [4.78, 5) is 12.4. The molecule has 0 bridgehead atoms. The summed E-state index contributed by atoms with van der Waals surface area (Å²) in [6.45, 7) is 5.53. The van der Waals surface area contributed by atoms with E-state index in [0.29, 0.717) is 11.5 Å². The lowest BCUT2D eigenvalue weighted by atomic mass is 10.3. The summed E-state index contributed by atoms with van der Waals surface area (Å²) in [5.41, 5.74) is 5.97. The van der Waals surface area contributed by atoms with Crippen LogP contribution in [0.15, 0.2) is 17.6 Å². The van der Waals surface area contributed by atoms with Crippen LogP contribution in [0, 0.1) is 0 Å². The lowest BCUT2D eigenvalue weighted by Gasteiger charge is -2.06. The van der Waals surface area contributed by atoms with E-state index >= 15 is 0 Å². The maximum absolute atomic E-state index is 12.2. The number of amides is 1. The van der Waals surface area contributed by atoms with Gasteiger partial charge in [0, 0.05) is 12.6 Å². The second-order valence-electron chi connectivity index (χ2n) is 4.82. The van der Waals surface area contributed by atoms with Crippen LogP contribution in [-0.2, 0) is 9.84 Å². The fraction of sp³-hybridized carbons (Fsp3) is 0.462. The lowest BCUT2D eigenvalue weighted by Crippen LogP contribution is -2.25. The molecule has 4 N–H and O–H groups in total. The number of hydrogen-bond acceptors (Lipinski definition) is 6. The minimum Gasteiger partial charge on any atom is -0.396 e.